The van der Waals surface area contributed by atoms with Crippen LogP contribution in [0.5, 0.6) is 0 Å². The zero-order valence-corrected chi connectivity index (χ0v) is 14.3. The van der Waals surface area contributed by atoms with E-state index in [9.17, 15) is 14.0 Å². The molecule has 2 fully saturated rings. The summed E-state index contributed by atoms with van der Waals surface area (Å²) in [5.74, 6) is -0.101. The predicted molar refractivity (Wildman–Crippen MR) is 90.4 cm³/mol. The van der Waals surface area contributed by atoms with Gasteiger partial charge in [-0.3, -0.25) is 9.59 Å². The van der Waals surface area contributed by atoms with E-state index in [-0.39, 0.29) is 29.5 Å². The Kier molecular flexibility index (Phi) is 3.78. The fourth-order valence-corrected chi connectivity index (χ4v) is 4.11. The summed E-state index contributed by atoms with van der Waals surface area (Å²) in [5, 5.41) is 0.774. The van der Waals surface area contributed by atoms with Crippen molar-refractivity contribution in [3.8, 4) is 0 Å². The monoisotopic (exact) mass is 344 g/mol. The first-order valence-corrected chi connectivity index (χ1v) is 8.67. The molecule has 0 unspecified atom stereocenters. The highest BCUT2D eigenvalue weighted by Gasteiger charge is 2.47. The summed E-state index contributed by atoms with van der Waals surface area (Å²) in [6.07, 6.45) is 4.13. The number of carbonyl (C=O) groups is 2. The minimum absolute atomic E-state index is 0.0284. The van der Waals surface area contributed by atoms with Crippen LogP contribution in [-0.4, -0.2) is 48.3 Å². The highest BCUT2D eigenvalue weighted by atomic mass is 19.1. The van der Waals surface area contributed by atoms with Gasteiger partial charge in [-0.25, -0.2) is 4.39 Å². The molecule has 0 bridgehead atoms. The van der Waals surface area contributed by atoms with Crippen LogP contribution >= 0.6 is 0 Å². The Balaban J connectivity index is 1.43. The zero-order valence-electron chi connectivity index (χ0n) is 14.3. The number of hydrogen-bond acceptors (Lipinski definition) is 3. The molecule has 5 nitrogen and oxygen atoms in total. The summed E-state index contributed by atoms with van der Waals surface area (Å²) < 4.78 is 18.6. The van der Waals surface area contributed by atoms with Gasteiger partial charge in [0.05, 0.1) is 18.1 Å². The van der Waals surface area contributed by atoms with Crippen molar-refractivity contribution >= 4 is 22.8 Å². The third-order valence-electron chi connectivity index (χ3n) is 5.76. The number of benzene rings is 1. The van der Waals surface area contributed by atoms with Crippen LogP contribution in [0, 0.1) is 11.2 Å². The van der Waals surface area contributed by atoms with E-state index in [2.05, 4.69) is 0 Å². The van der Waals surface area contributed by atoms with Crippen molar-refractivity contribution in [3.63, 3.8) is 0 Å². The maximum atomic E-state index is 13.2. The van der Waals surface area contributed by atoms with Crippen molar-refractivity contribution in [2.45, 2.75) is 25.7 Å². The summed E-state index contributed by atoms with van der Waals surface area (Å²) in [5.41, 5.74) is 0.975. The van der Waals surface area contributed by atoms with Crippen molar-refractivity contribution in [2.24, 2.45) is 5.41 Å². The van der Waals surface area contributed by atoms with Crippen molar-refractivity contribution in [1.29, 1.82) is 0 Å². The molecular weight excluding hydrogens is 323 g/mol. The molecule has 0 saturated carbocycles. The summed E-state index contributed by atoms with van der Waals surface area (Å²) in [7, 11) is 1.85. The smallest absolute Gasteiger partial charge is 0.228 e. The number of amides is 2. The molecule has 3 heterocycles. The molecule has 2 aromatic rings. The molecule has 4 rings (SSSR count). The molecule has 1 aromatic carbocycles. The molecule has 25 heavy (non-hydrogen) atoms. The third-order valence-corrected chi connectivity index (χ3v) is 5.76. The SMILES string of the molecule is CN1CCC2(CCN(C(=O)Cc3coc4cc(F)ccc34)CC2)C1=O. The van der Waals surface area contributed by atoms with Gasteiger partial charge in [0.25, 0.3) is 0 Å². The number of hydrogen-bond donors (Lipinski definition) is 0. The van der Waals surface area contributed by atoms with Crippen LogP contribution in [0.25, 0.3) is 11.0 Å². The first-order valence-electron chi connectivity index (χ1n) is 8.67. The molecule has 0 N–H and O–H groups in total. The van der Waals surface area contributed by atoms with Gasteiger partial charge < -0.3 is 14.2 Å². The lowest BCUT2D eigenvalue weighted by Gasteiger charge is -2.37. The van der Waals surface area contributed by atoms with Crippen LogP contribution in [0.2, 0.25) is 0 Å². The Morgan fingerprint density at radius 1 is 1.24 bits per heavy atom. The van der Waals surface area contributed by atoms with Gasteiger partial charge in [-0.05, 0) is 31.4 Å². The summed E-state index contributed by atoms with van der Waals surface area (Å²) >= 11 is 0. The first-order chi connectivity index (χ1) is 12.0. The van der Waals surface area contributed by atoms with Crippen molar-refractivity contribution in [1.82, 2.24) is 9.80 Å². The summed E-state index contributed by atoms with van der Waals surface area (Å²) in [4.78, 5) is 28.6. The lowest BCUT2D eigenvalue weighted by Crippen LogP contribution is -2.46. The Morgan fingerprint density at radius 3 is 2.64 bits per heavy atom. The quantitative estimate of drug-likeness (QED) is 0.841. The molecule has 0 atom stereocenters. The fraction of sp³-hybridized carbons (Fsp3) is 0.474. The molecule has 6 heteroatoms. The molecule has 132 valence electrons. The molecule has 2 aliphatic heterocycles. The second-order valence-electron chi connectivity index (χ2n) is 7.22. The van der Waals surface area contributed by atoms with Crippen molar-refractivity contribution in [3.05, 3.63) is 35.8 Å². The Bertz CT molecular complexity index is 836. The van der Waals surface area contributed by atoms with E-state index < -0.39 is 0 Å². The average Bonchev–Trinajstić information content (AvgIpc) is 3.12. The van der Waals surface area contributed by atoms with E-state index in [1.54, 1.807) is 11.0 Å². The fourth-order valence-electron chi connectivity index (χ4n) is 4.11. The Labute approximate surface area is 145 Å². The van der Waals surface area contributed by atoms with Crippen LogP contribution in [0.1, 0.15) is 24.8 Å². The molecule has 2 amide bonds. The van der Waals surface area contributed by atoms with E-state index in [0.717, 1.165) is 36.8 Å². The number of rotatable bonds is 2. The predicted octanol–water partition coefficient (Wildman–Crippen LogP) is 2.59. The summed E-state index contributed by atoms with van der Waals surface area (Å²) in [6.45, 7) is 2.04. The van der Waals surface area contributed by atoms with Crippen molar-refractivity contribution in [2.75, 3.05) is 26.7 Å². The van der Waals surface area contributed by atoms with Gasteiger partial charge in [-0.2, -0.15) is 0 Å². The Hall–Kier alpha value is -2.37. The zero-order chi connectivity index (χ0) is 17.6. The molecule has 0 radical (unpaired) electrons. The van der Waals surface area contributed by atoms with Crippen LogP contribution in [-0.2, 0) is 16.0 Å². The second kappa shape index (κ2) is 5.86. The minimum atomic E-state index is -0.354. The number of fused-ring (bicyclic) bond motifs is 1. The molecule has 1 spiro atoms. The molecule has 0 aliphatic carbocycles. The Morgan fingerprint density at radius 2 is 1.96 bits per heavy atom. The molecule has 2 aliphatic rings. The minimum Gasteiger partial charge on any atom is -0.464 e. The number of furan rings is 1. The number of carbonyl (C=O) groups excluding carboxylic acids is 2. The number of piperidine rings is 1. The highest BCUT2D eigenvalue weighted by molar-refractivity contribution is 5.88. The molecule has 2 saturated heterocycles. The first kappa shape index (κ1) is 16.1. The van der Waals surface area contributed by atoms with Gasteiger partial charge in [0.2, 0.25) is 11.8 Å². The van der Waals surface area contributed by atoms with E-state index >= 15 is 0 Å². The lowest BCUT2D eigenvalue weighted by molar-refractivity contribution is -0.141. The van der Waals surface area contributed by atoms with Gasteiger partial charge in [0, 0.05) is 43.7 Å². The standard InChI is InChI=1S/C19H21FN2O3/c1-21-7-4-19(18(21)24)5-8-22(9-6-19)17(23)10-13-12-25-16-11-14(20)2-3-15(13)16/h2-3,11-12H,4-10H2,1H3. The van der Waals surface area contributed by atoms with Gasteiger partial charge in [-0.1, -0.05) is 0 Å². The van der Waals surface area contributed by atoms with Crippen LogP contribution < -0.4 is 0 Å². The van der Waals surface area contributed by atoms with E-state index in [1.165, 1.54) is 18.4 Å². The molecular formula is C19H21FN2O3. The van der Waals surface area contributed by atoms with Crippen LogP contribution in [0.3, 0.4) is 0 Å². The van der Waals surface area contributed by atoms with Gasteiger partial charge >= 0.3 is 0 Å². The maximum Gasteiger partial charge on any atom is 0.228 e. The summed E-state index contributed by atoms with van der Waals surface area (Å²) in [6, 6.07) is 4.35. The van der Waals surface area contributed by atoms with Gasteiger partial charge in [0.15, 0.2) is 0 Å². The normalized spacial score (nSPS) is 20.0. The third kappa shape index (κ3) is 2.69. The van der Waals surface area contributed by atoms with Crippen molar-refractivity contribution < 1.29 is 18.4 Å². The maximum absolute atomic E-state index is 13.2. The average molecular weight is 344 g/mol. The highest BCUT2D eigenvalue weighted by Crippen LogP contribution is 2.41. The second-order valence-corrected chi connectivity index (χ2v) is 7.22. The van der Waals surface area contributed by atoms with Gasteiger partial charge in [-0.15, -0.1) is 0 Å². The number of likely N-dealkylation sites (tertiary alicyclic amines) is 2. The largest absolute Gasteiger partial charge is 0.464 e. The van der Waals surface area contributed by atoms with E-state index in [4.69, 9.17) is 4.42 Å². The topological polar surface area (TPSA) is 53.8 Å². The lowest BCUT2D eigenvalue weighted by atomic mass is 9.77. The molecule has 1 aromatic heterocycles. The number of nitrogens with zero attached hydrogens (tertiary/aromatic N) is 2. The number of halogens is 1. The van der Waals surface area contributed by atoms with Crippen LogP contribution in [0.4, 0.5) is 4.39 Å². The van der Waals surface area contributed by atoms with Crippen LogP contribution in [0.15, 0.2) is 28.9 Å². The van der Waals surface area contributed by atoms with Gasteiger partial charge in [0.1, 0.15) is 11.4 Å². The van der Waals surface area contributed by atoms with E-state index in [1.807, 2.05) is 11.9 Å². The van der Waals surface area contributed by atoms with E-state index in [0.29, 0.717) is 18.7 Å².